The number of rotatable bonds is 1. The van der Waals surface area contributed by atoms with E-state index in [1.165, 1.54) is 0 Å². The monoisotopic (exact) mass is 340 g/mol. The number of carbonyl (C=O) groups is 3. The molecule has 0 aromatic carbocycles. The SMILES string of the molecule is COC(=O)C1(O)O[C@@H]2C[C@@]13C(CC(=O)[C@@H]3C)[C@]1(C)COC(=O)[C@]21O. The lowest BCUT2D eigenvalue weighted by Crippen LogP contribution is -2.66. The molecule has 0 radical (unpaired) electrons. The number of esters is 2. The highest BCUT2D eigenvalue weighted by molar-refractivity contribution is 5.91. The molecule has 2 saturated carbocycles. The van der Waals surface area contributed by atoms with Crippen molar-refractivity contribution in [2.75, 3.05) is 13.7 Å². The minimum atomic E-state index is -2.38. The molecule has 0 aromatic rings. The lowest BCUT2D eigenvalue weighted by atomic mass is 9.48. The number of cyclic esters (lactones) is 1. The summed E-state index contributed by atoms with van der Waals surface area (Å²) in [4.78, 5) is 37.2. The molecule has 4 aliphatic rings. The Balaban J connectivity index is 1.99. The lowest BCUT2D eigenvalue weighted by molar-refractivity contribution is -0.259. The summed E-state index contributed by atoms with van der Waals surface area (Å²) >= 11 is 0. The Labute approximate surface area is 138 Å². The molecule has 2 saturated heterocycles. The highest BCUT2D eigenvalue weighted by Crippen LogP contribution is 2.73. The molecule has 2 N–H and O–H groups in total. The first-order valence-electron chi connectivity index (χ1n) is 8.00. The first-order valence-corrected chi connectivity index (χ1v) is 8.00. The number of ether oxygens (including phenoxy) is 3. The third-order valence-electron chi connectivity index (χ3n) is 7.13. The van der Waals surface area contributed by atoms with Gasteiger partial charge < -0.3 is 24.4 Å². The summed E-state index contributed by atoms with van der Waals surface area (Å²) in [7, 11) is 1.12. The Kier molecular flexibility index (Phi) is 2.78. The van der Waals surface area contributed by atoms with Gasteiger partial charge in [-0.15, -0.1) is 0 Å². The normalized spacial score (nSPS) is 55.1. The lowest BCUT2D eigenvalue weighted by Gasteiger charge is -2.52. The highest BCUT2D eigenvalue weighted by atomic mass is 16.7. The first kappa shape index (κ1) is 16.0. The molecule has 4 fully saturated rings. The van der Waals surface area contributed by atoms with Gasteiger partial charge in [-0.2, -0.15) is 0 Å². The minimum Gasteiger partial charge on any atom is -0.465 e. The van der Waals surface area contributed by atoms with Crippen LogP contribution in [0.2, 0.25) is 0 Å². The molecule has 2 aliphatic heterocycles. The molecule has 1 spiro atoms. The molecular formula is C16H20O8. The zero-order valence-electron chi connectivity index (χ0n) is 13.7. The number of carbonyl (C=O) groups excluding carboxylic acids is 3. The van der Waals surface area contributed by atoms with Gasteiger partial charge in [0, 0.05) is 17.8 Å². The summed E-state index contributed by atoms with van der Waals surface area (Å²) in [5, 5.41) is 22.3. The van der Waals surface area contributed by atoms with Crippen LogP contribution < -0.4 is 0 Å². The van der Waals surface area contributed by atoms with E-state index >= 15 is 0 Å². The van der Waals surface area contributed by atoms with Crippen molar-refractivity contribution >= 4 is 17.7 Å². The molecule has 2 heterocycles. The number of methoxy groups -OCH3 is 1. The molecule has 8 nitrogen and oxygen atoms in total. The largest absolute Gasteiger partial charge is 0.465 e. The fraction of sp³-hybridized carbons (Fsp3) is 0.812. The van der Waals surface area contributed by atoms with Crippen molar-refractivity contribution in [2.45, 2.75) is 44.2 Å². The van der Waals surface area contributed by atoms with Crippen molar-refractivity contribution in [1.29, 1.82) is 0 Å². The Morgan fingerprint density at radius 2 is 2.00 bits per heavy atom. The smallest absolute Gasteiger partial charge is 0.367 e. The van der Waals surface area contributed by atoms with E-state index in [1.807, 2.05) is 0 Å². The van der Waals surface area contributed by atoms with Gasteiger partial charge in [-0.05, 0) is 12.3 Å². The Morgan fingerprint density at radius 1 is 1.33 bits per heavy atom. The van der Waals surface area contributed by atoms with Crippen LogP contribution in [0.1, 0.15) is 26.7 Å². The van der Waals surface area contributed by atoms with Gasteiger partial charge in [0.1, 0.15) is 18.5 Å². The van der Waals surface area contributed by atoms with Crippen LogP contribution in [0, 0.1) is 22.7 Å². The van der Waals surface area contributed by atoms with E-state index in [4.69, 9.17) is 14.2 Å². The van der Waals surface area contributed by atoms with Crippen LogP contribution in [0.15, 0.2) is 0 Å². The van der Waals surface area contributed by atoms with Crippen molar-refractivity contribution in [3.63, 3.8) is 0 Å². The Bertz CT molecular complexity index is 675. The number of ketones is 1. The third-order valence-corrected chi connectivity index (χ3v) is 7.13. The van der Waals surface area contributed by atoms with Crippen molar-refractivity contribution in [2.24, 2.45) is 22.7 Å². The summed E-state index contributed by atoms with van der Waals surface area (Å²) in [6, 6.07) is 0. The molecule has 2 aliphatic carbocycles. The van der Waals surface area contributed by atoms with Gasteiger partial charge in [-0.1, -0.05) is 13.8 Å². The fourth-order valence-electron chi connectivity index (χ4n) is 5.74. The molecule has 24 heavy (non-hydrogen) atoms. The molecular weight excluding hydrogens is 320 g/mol. The maximum absolute atomic E-state index is 12.5. The predicted octanol–water partition coefficient (Wildman–Crippen LogP) is -0.844. The molecule has 2 bridgehead atoms. The summed E-state index contributed by atoms with van der Waals surface area (Å²) < 4.78 is 15.4. The molecule has 2 unspecified atom stereocenters. The molecule has 8 heteroatoms. The average molecular weight is 340 g/mol. The Hall–Kier alpha value is -1.51. The van der Waals surface area contributed by atoms with Crippen LogP contribution in [0.4, 0.5) is 0 Å². The van der Waals surface area contributed by atoms with Crippen LogP contribution in [-0.4, -0.2) is 59.1 Å². The summed E-state index contributed by atoms with van der Waals surface area (Å²) in [6.45, 7) is 3.21. The Morgan fingerprint density at radius 3 is 2.62 bits per heavy atom. The first-order chi connectivity index (χ1) is 11.1. The standard InChI is InChI=1S/C16H20O8/c1-7-8(17)4-9-13(2)6-23-11(18)15(13,20)10-5-14(7,9)16(21,24-10)12(19)22-3/h7,9-10,20-21H,4-6H2,1-3H3/t7-,9?,10+,13-,14+,15+,16?/m0/s1. The fourth-order valence-corrected chi connectivity index (χ4v) is 5.74. The van der Waals surface area contributed by atoms with E-state index in [-0.39, 0.29) is 25.2 Å². The van der Waals surface area contributed by atoms with Crippen LogP contribution in [0.5, 0.6) is 0 Å². The van der Waals surface area contributed by atoms with Gasteiger partial charge in [-0.25, -0.2) is 9.59 Å². The van der Waals surface area contributed by atoms with E-state index in [9.17, 15) is 24.6 Å². The number of aliphatic hydroxyl groups is 2. The van der Waals surface area contributed by atoms with Crippen LogP contribution in [0.25, 0.3) is 0 Å². The number of hydrogen-bond acceptors (Lipinski definition) is 8. The van der Waals surface area contributed by atoms with Crippen molar-refractivity contribution in [1.82, 2.24) is 0 Å². The van der Waals surface area contributed by atoms with Crippen LogP contribution in [0.3, 0.4) is 0 Å². The molecule has 7 atom stereocenters. The summed E-state index contributed by atoms with van der Waals surface area (Å²) in [6.07, 6.45) is -1.10. The van der Waals surface area contributed by atoms with Gasteiger partial charge in [0.05, 0.1) is 12.5 Å². The average Bonchev–Trinajstić information content (AvgIpc) is 3.09. The van der Waals surface area contributed by atoms with E-state index in [0.717, 1.165) is 7.11 Å². The van der Waals surface area contributed by atoms with Gasteiger partial charge in [-0.3, -0.25) is 4.79 Å². The van der Waals surface area contributed by atoms with Gasteiger partial charge in [0.2, 0.25) is 0 Å². The van der Waals surface area contributed by atoms with Crippen LogP contribution in [-0.2, 0) is 28.6 Å². The van der Waals surface area contributed by atoms with E-state index in [0.29, 0.717) is 0 Å². The van der Waals surface area contributed by atoms with Crippen molar-refractivity contribution in [3.05, 3.63) is 0 Å². The van der Waals surface area contributed by atoms with Crippen molar-refractivity contribution < 1.29 is 38.8 Å². The maximum Gasteiger partial charge on any atom is 0.367 e. The van der Waals surface area contributed by atoms with E-state index in [1.54, 1.807) is 13.8 Å². The number of Topliss-reactive ketones (excluding diaryl/α,β-unsaturated/α-hetero) is 1. The zero-order valence-corrected chi connectivity index (χ0v) is 13.7. The third kappa shape index (κ3) is 1.26. The molecule has 4 rings (SSSR count). The van der Waals surface area contributed by atoms with E-state index < -0.39 is 52.1 Å². The second-order valence-electron chi connectivity index (χ2n) is 7.69. The molecule has 132 valence electrons. The van der Waals surface area contributed by atoms with Gasteiger partial charge >= 0.3 is 11.9 Å². The topological polar surface area (TPSA) is 119 Å². The van der Waals surface area contributed by atoms with Crippen molar-refractivity contribution in [3.8, 4) is 0 Å². The second kappa shape index (κ2) is 4.17. The molecule has 0 aromatic heterocycles. The predicted molar refractivity (Wildman–Crippen MR) is 75.2 cm³/mol. The second-order valence-corrected chi connectivity index (χ2v) is 7.69. The van der Waals surface area contributed by atoms with Crippen LogP contribution >= 0.6 is 0 Å². The quantitative estimate of drug-likeness (QED) is 0.593. The maximum atomic E-state index is 12.5. The number of hydrogen-bond donors (Lipinski definition) is 2. The van der Waals surface area contributed by atoms with E-state index in [2.05, 4.69) is 0 Å². The number of fused-ring (bicyclic) bond motifs is 4. The summed E-state index contributed by atoms with van der Waals surface area (Å²) in [5.41, 5.74) is -4.40. The molecule has 0 amide bonds. The van der Waals surface area contributed by atoms with Gasteiger partial charge in [0.15, 0.2) is 5.60 Å². The van der Waals surface area contributed by atoms with Gasteiger partial charge in [0.25, 0.3) is 5.79 Å². The summed E-state index contributed by atoms with van der Waals surface area (Å²) in [5.74, 6) is -5.70. The highest BCUT2D eigenvalue weighted by Gasteiger charge is 2.86. The minimum absolute atomic E-state index is 0.0113. The zero-order chi connectivity index (χ0) is 17.7.